The number of carbonyl (C=O) groups excluding carboxylic acids is 1. The molecule has 1 N–H and O–H groups in total. The van der Waals surface area contributed by atoms with Gasteiger partial charge in [-0.1, -0.05) is 24.3 Å². The Labute approximate surface area is 180 Å². The van der Waals surface area contributed by atoms with Gasteiger partial charge in [0.15, 0.2) is 0 Å². The predicted molar refractivity (Wildman–Crippen MR) is 123 cm³/mol. The lowest BCUT2D eigenvalue weighted by atomic mass is 10.1. The molecule has 30 heavy (non-hydrogen) atoms. The van der Waals surface area contributed by atoms with Crippen LogP contribution in [0.2, 0.25) is 0 Å². The average molecular weight is 448 g/mol. The highest BCUT2D eigenvalue weighted by atomic mass is 32.2. The molecule has 0 saturated carbocycles. The molecule has 1 amide bonds. The van der Waals surface area contributed by atoms with E-state index in [1.54, 1.807) is 48.9 Å². The van der Waals surface area contributed by atoms with Crippen LogP contribution in [0.5, 0.6) is 0 Å². The van der Waals surface area contributed by atoms with Gasteiger partial charge in [-0.25, -0.2) is 8.42 Å². The van der Waals surface area contributed by atoms with Gasteiger partial charge in [0.25, 0.3) is 0 Å². The predicted octanol–water partition coefficient (Wildman–Crippen LogP) is 3.40. The number of aryl methyl sites for hydroxylation is 3. The fraction of sp³-hybridized carbons (Fsp3) is 0.333. The zero-order chi connectivity index (χ0) is 22.2. The zero-order valence-corrected chi connectivity index (χ0v) is 19.2. The summed E-state index contributed by atoms with van der Waals surface area (Å²) in [5.41, 5.74) is 3.59. The van der Waals surface area contributed by atoms with Crippen LogP contribution in [0.25, 0.3) is 10.2 Å². The quantitative estimate of drug-likeness (QED) is 0.627. The molecule has 0 aliphatic rings. The molecule has 0 aliphatic heterocycles. The number of nitrogens with one attached hydrogen (secondary N) is 1. The summed E-state index contributed by atoms with van der Waals surface area (Å²) in [4.78, 5) is 24.9. The molecule has 0 fully saturated rings. The van der Waals surface area contributed by atoms with E-state index in [2.05, 4.69) is 5.32 Å². The SMILES string of the molecule is CC[C@@H](C(=O)Nc1ccc2c(c1)sc(=O)n2C)N(c1cc(C)cc(C)c1)S(C)(=O)=O. The lowest BCUT2D eigenvalue weighted by Crippen LogP contribution is -2.47. The Kier molecular flexibility index (Phi) is 6.05. The lowest BCUT2D eigenvalue weighted by Gasteiger charge is -2.30. The molecule has 7 nitrogen and oxygen atoms in total. The van der Waals surface area contributed by atoms with Gasteiger partial charge in [-0.05, 0) is 61.7 Å². The maximum Gasteiger partial charge on any atom is 0.307 e. The number of amides is 1. The summed E-state index contributed by atoms with van der Waals surface area (Å²) in [7, 11) is -2.01. The molecule has 1 heterocycles. The van der Waals surface area contributed by atoms with Crippen molar-refractivity contribution in [1.82, 2.24) is 4.57 Å². The lowest BCUT2D eigenvalue weighted by molar-refractivity contribution is -0.117. The fourth-order valence-corrected chi connectivity index (χ4v) is 5.69. The van der Waals surface area contributed by atoms with Gasteiger partial charge < -0.3 is 9.88 Å². The van der Waals surface area contributed by atoms with E-state index in [1.807, 2.05) is 19.9 Å². The molecule has 0 bridgehead atoms. The number of sulfonamides is 1. The van der Waals surface area contributed by atoms with Crippen LogP contribution in [0.4, 0.5) is 11.4 Å². The summed E-state index contributed by atoms with van der Waals surface area (Å²) in [6.45, 7) is 5.55. The first-order chi connectivity index (χ1) is 14.0. The first-order valence-electron chi connectivity index (χ1n) is 9.49. The largest absolute Gasteiger partial charge is 0.324 e. The van der Waals surface area contributed by atoms with Gasteiger partial charge >= 0.3 is 4.87 Å². The zero-order valence-electron chi connectivity index (χ0n) is 17.6. The van der Waals surface area contributed by atoms with Crippen molar-refractivity contribution in [3.8, 4) is 0 Å². The molecule has 160 valence electrons. The maximum absolute atomic E-state index is 13.1. The number of benzene rings is 2. The number of rotatable bonds is 6. The second kappa shape index (κ2) is 8.23. The third kappa shape index (κ3) is 4.41. The highest BCUT2D eigenvalue weighted by molar-refractivity contribution is 7.92. The van der Waals surface area contributed by atoms with Gasteiger partial charge in [0.05, 0.1) is 22.2 Å². The summed E-state index contributed by atoms with van der Waals surface area (Å²) in [5, 5.41) is 2.82. The number of thiazole rings is 1. The van der Waals surface area contributed by atoms with Gasteiger partial charge in [-0.2, -0.15) is 0 Å². The minimum absolute atomic E-state index is 0.0852. The minimum Gasteiger partial charge on any atom is -0.324 e. The van der Waals surface area contributed by atoms with Crippen LogP contribution in [-0.4, -0.2) is 31.2 Å². The van der Waals surface area contributed by atoms with E-state index < -0.39 is 22.0 Å². The van der Waals surface area contributed by atoms with E-state index >= 15 is 0 Å². The number of hydrogen-bond acceptors (Lipinski definition) is 5. The molecular weight excluding hydrogens is 422 g/mol. The summed E-state index contributed by atoms with van der Waals surface area (Å²) >= 11 is 1.09. The van der Waals surface area contributed by atoms with Crippen LogP contribution < -0.4 is 14.5 Å². The molecule has 3 rings (SSSR count). The third-order valence-electron chi connectivity index (χ3n) is 4.85. The first kappa shape index (κ1) is 22.0. The second-order valence-corrected chi connectivity index (χ2v) is 10.3. The molecular formula is C21H25N3O4S2. The highest BCUT2D eigenvalue weighted by Gasteiger charge is 2.31. The Bertz CT molecular complexity index is 1250. The van der Waals surface area contributed by atoms with E-state index in [4.69, 9.17) is 0 Å². The summed E-state index contributed by atoms with van der Waals surface area (Å²) < 4.78 is 28.8. The van der Waals surface area contributed by atoms with Gasteiger partial charge in [-0.15, -0.1) is 0 Å². The Morgan fingerprint density at radius 3 is 2.37 bits per heavy atom. The Morgan fingerprint density at radius 2 is 1.80 bits per heavy atom. The first-order valence-corrected chi connectivity index (χ1v) is 12.2. The number of hydrogen-bond donors (Lipinski definition) is 1. The Morgan fingerprint density at radius 1 is 1.17 bits per heavy atom. The monoisotopic (exact) mass is 447 g/mol. The molecule has 1 aromatic heterocycles. The van der Waals surface area contributed by atoms with Crippen LogP contribution in [0.1, 0.15) is 24.5 Å². The highest BCUT2D eigenvalue weighted by Crippen LogP contribution is 2.27. The Balaban J connectivity index is 1.97. The molecule has 9 heteroatoms. The van der Waals surface area contributed by atoms with Crippen LogP contribution in [0.15, 0.2) is 41.2 Å². The van der Waals surface area contributed by atoms with Crippen LogP contribution >= 0.6 is 11.3 Å². The van der Waals surface area contributed by atoms with E-state index in [-0.39, 0.29) is 4.87 Å². The van der Waals surface area contributed by atoms with Crippen molar-refractivity contribution >= 4 is 48.9 Å². The summed E-state index contributed by atoms with van der Waals surface area (Å²) in [6.07, 6.45) is 1.40. The Hall–Kier alpha value is -2.65. The topological polar surface area (TPSA) is 88.5 Å². The van der Waals surface area contributed by atoms with Gasteiger partial charge in [0, 0.05) is 12.7 Å². The van der Waals surface area contributed by atoms with E-state index in [9.17, 15) is 18.0 Å². The molecule has 0 spiro atoms. The van der Waals surface area contributed by atoms with Crippen molar-refractivity contribution in [2.24, 2.45) is 7.05 Å². The van der Waals surface area contributed by atoms with Crippen molar-refractivity contribution in [2.75, 3.05) is 15.9 Å². The number of aromatic nitrogens is 1. The molecule has 0 aliphatic carbocycles. The fourth-order valence-electron chi connectivity index (χ4n) is 3.58. The molecule has 0 unspecified atom stereocenters. The van der Waals surface area contributed by atoms with Crippen molar-refractivity contribution < 1.29 is 13.2 Å². The summed E-state index contributed by atoms with van der Waals surface area (Å²) in [5.74, 6) is -0.426. The molecule has 3 aromatic rings. The number of fused-ring (bicyclic) bond motifs is 1. The van der Waals surface area contributed by atoms with E-state index in [1.165, 1.54) is 4.31 Å². The molecule has 2 aromatic carbocycles. The van der Waals surface area contributed by atoms with Crippen molar-refractivity contribution in [1.29, 1.82) is 0 Å². The molecule has 1 atom stereocenters. The number of anilines is 2. The van der Waals surface area contributed by atoms with Crippen LogP contribution in [0.3, 0.4) is 0 Å². The minimum atomic E-state index is -3.71. The van der Waals surface area contributed by atoms with Gasteiger partial charge in [0.2, 0.25) is 15.9 Å². The second-order valence-electron chi connectivity index (χ2n) is 7.43. The summed E-state index contributed by atoms with van der Waals surface area (Å²) in [6, 6.07) is 9.77. The van der Waals surface area contributed by atoms with Gasteiger partial charge in [-0.3, -0.25) is 13.9 Å². The maximum atomic E-state index is 13.1. The number of nitrogens with zero attached hydrogens (tertiary/aromatic N) is 2. The van der Waals surface area contributed by atoms with Crippen LogP contribution in [-0.2, 0) is 21.9 Å². The average Bonchev–Trinajstić information content (AvgIpc) is 2.91. The van der Waals surface area contributed by atoms with Crippen LogP contribution in [0, 0.1) is 13.8 Å². The van der Waals surface area contributed by atoms with Gasteiger partial charge in [0.1, 0.15) is 6.04 Å². The van der Waals surface area contributed by atoms with E-state index in [0.717, 1.165) is 38.9 Å². The third-order valence-corrected chi connectivity index (χ3v) is 7.03. The van der Waals surface area contributed by atoms with Crippen molar-refractivity contribution in [2.45, 2.75) is 33.2 Å². The van der Waals surface area contributed by atoms with Crippen molar-refractivity contribution in [3.05, 3.63) is 57.2 Å². The standard InChI is InChI=1S/C21H25N3O4S2/c1-6-17(24(30(5,27)28)16-10-13(2)9-14(3)11-16)20(25)22-15-7-8-18-19(12-15)29-21(26)23(18)4/h7-12,17H,6H2,1-5H3,(H,22,25)/t17-/m0/s1. The van der Waals surface area contributed by atoms with Crippen molar-refractivity contribution in [3.63, 3.8) is 0 Å². The van der Waals surface area contributed by atoms with E-state index in [0.29, 0.717) is 17.8 Å². The molecule has 0 radical (unpaired) electrons. The molecule has 0 saturated heterocycles. The smallest absolute Gasteiger partial charge is 0.307 e. The number of carbonyl (C=O) groups is 1. The normalized spacial score (nSPS) is 12.7.